The van der Waals surface area contributed by atoms with Gasteiger partial charge in [0.1, 0.15) is 5.56 Å². The lowest BCUT2D eigenvalue weighted by atomic mass is 10.2. The van der Waals surface area contributed by atoms with Crippen LogP contribution in [0.2, 0.25) is 0 Å². The van der Waals surface area contributed by atoms with Crippen LogP contribution in [0.1, 0.15) is 5.56 Å². The average molecular weight is 292 g/mol. The molecule has 1 heterocycles. The predicted molar refractivity (Wildman–Crippen MR) is 45.4 cm³/mol. The minimum atomic E-state index is -5.63. The molecule has 0 amide bonds. The molecule has 0 saturated heterocycles. The summed E-state index contributed by atoms with van der Waals surface area (Å²) in [5.41, 5.74) is -5.85. The standard InChI is InChI=1S/C7H2F6N2O4/c8-6(9,10)2-1-14-5(16)3(15(17)18)4(2)19-7(11,12)13/h1H,(H,14,16). The Morgan fingerprint density at radius 2 is 1.74 bits per heavy atom. The van der Waals surface area contributed by atoms with Crippen LogP contribution in [0, 0.1) is 10.1 Å². The molecule has 1 aromatic rings. The third-order valence-corrected chi connectivity index (χ3v) is 1.73. The molecule has 0 unspecified atom stereocenters. The van der Waals surface area contributed by atoms with Gasteiger partial charge in [-0.25, -0.2) is 0 Å². The molecule has 12 heteroatoms. The maximum absolute atomic E-state index is 12.4. The molecular formula is C7H2F6N2O4. The third-order valence-electron chi connectivity index (χ3n) is 1.73. The molecule has 1 N–H and O–H groups in total. The van der Waals surface area contributed by atoms with E-state index in [0.29, 0.717) is 0 Å². The van der Waals surface area contributed by atoms with Gasteiger partial charge in [0.2, 0.25) is 5.75 Å². The smallest absolute Gasteiger partial charge is 0.397 e. The molecule has 106 valence electrons. The van der Waals surface area contributed by atoms with Gasteiger partial charge in [-0.05, 0) is 0 Å². The van der Waals surface area contributed by atoms with E-state index in [-0.39, 0.29) is 6.20 Å². The van der Waals surface area contributed by atoms with E-state index in [1.807, 2.05) is 0 Å². The van der Waals surface area contributed by atoms with Crippen LogP contribution in [0.5, 0.6) is 5.75 Å². The first-order valence-electron chi connectivity index (χ1n) is 4.16. The number of rotatable bonds is 2. The van der Waals surface area contributed by atoms with Crippen molar-refractivity contribution in [2.24, 2.45) is 0 Å². The number of hydrogen-bond acceptors (Lipinski definition) is 4. The molecule has 0 aromatic carbocycles. The van der Waals surface area contributed by atoms with Gasteiger partial charge in [-0.15, -0.1) is 13.2 Å². The number of pyridine rings is 1. The van der Waals surface area contributed by atoms with E-state index in [1.54, 1.807) is 0 Å². The summed E-state index contributed by atoms with van der Waals surface area (Å²) < 4.78 is 76.1. The molecule has 0 atom stereocenters. The summed E-state index contributed by atoms with van der Waals surface area (Å²) in [6.45, 7) is 0. The van der Waals surface area contributed by atoms with E-state index in [1.165, 1.54) is 4.98 Å². The van der Waals surface area contributed by atoms with Crippen molar-refractivity contribution in [3.63, 3.8) is 0 Å². The van der Waals surface area contributed by atoms with Gasteiger partial charge < -0.3 is 9.72 Å². The van der Waals surface area contributed by atoms with Gasteiger partial charge in [0.25, 0.3) is 0 Å². The van der Waals surface area contributed by atoms with Crippen molar-refractivity contribution in [2.45, 2.75) is 12.5 Å². The molecule has 1 rings (SSSR count). The number of halogens is 6. The zero-order valence-corrected chi connectivity index (χ0v) is 8.43. The van der Waals surface area contributed by atoms with E-state index in [0.717, 1.165) is 0 Å². The quantitative estimate of drug-likeness (QED) is 0.514. The zero-order chi connectivity index (χ0) is 15.0. The molecule has 0 spiro atoms. The van der Waals surface area contributed by atoms with E-state index >= 15 is 0 Å². The predicted octanol–water partition coefficient (Wildman–Crippen LogP) is 2.20. The van der Waals surface area contributed by atoms with Crippen molar-refractivity contribution in [1.29, 1.82) is 0 Å². The normalized spacial score (nSPS) is 12.3. The summed E-state index contributed by atoms with van der Waals surface area (Å²) in [6, 6.07) is 0. The summed E-state index contributed by atoms with van der Waals surface area (Å²) in [4.78, 5) is 20.9. The molecule has 6 nitrogen and oxygen atoms in total. The SMILES string of the molecule is O=c1[nH]cc(C(F)(F)F)c(OC(F)(F)F)c1[N+](=O)[O-]. The fourth-order valence-corrected chi connectivity index (χ4v) is 1.10. The molecule has 0 bridgehead atoms. The van der Waals surface area contributed by atoms with Crippen LogP contribution in [0.4, 0.5) is 32.0 Å². The Balaban J connectivity index is 3.64. The maximum atomic E-state index is 12.4. The van der Waals surface area contributed by atoms with Crippen LogP contribution in [0.15, 0.2) is 11.0 Å². The first-order valence-corrected chi connectivity index (χ1v) is 4.16. The van der Waals surface area contributed by atoms with Crippen LogP contribution < -0.4 is 10.3 Å². The van der Waals surface area contributed by atoms with Crippen molar-refractivity contribution in [1.82, 2.24) is 4.98 Å². The topological polar surface area (TPSA) is 85.2 Å². The van der Waals surface area contributed by atoms with Gasteiger partial charge >= 0.3 is 23.8 Å². The highest BCUT2D eigenvalue weighted by atomic mass is 19.4. The van der Waals surface area contributed by atoms with Crippen LogP contribution >= 0.6 is 0 Å². The van der Waals surface area contributed by atoms with Crippen molar-refractivity contribution >= 4 is 5.69 Å². The third kappa shape index (κ3) is 3.35. The minimum absolute atomic E-state index is 0.142. The molecule has 0 radical (unpaired) electrons. The number of aromatic amines is 1. The summed E-state index contributed by atoms with van der Waals surface area (Å²) in [5.74, 6) is -2.20. The number of alkyl halides is 6. The van der Waals surface area contributed by atoms with Gasteiger partial charge in [0.05, 0.1) is 4.92 Å². The number of nitrogens with zero attached hydrogens (tertiary/aromatic N) is 1. The van der Waals surface area contributed by atoms with Crippen LogP contribution in [0.3, 0.4) is 0 Å². The zero-order valence-electron chi connectivity index (χ0n) is 8.43. The molecule has 1 aromatic heterocycles. The summed E-state index contributed by atoms with van der Waals surface area (Å²) in [6.07, 6.45) is -11.1. The van der Waals surface area contributed by atoms with Gasteiger partial charge in [-0.1, -0.05) is 0 Å². The minimum Gasteiger partial charge on any atom is -0.397 e. The number of nitrogens with one attached hydrogen (secondary N) is 1. The molecule has 0 saturated carbocycles. The average Bonchev–Trinajstić information content (AvgIpc) is 2.11. The number of ether oxygens (including phenoxy) is 1. The number of hydrogen-bond donors (Lipinski definition) is 1. The lowest BCUT2D eigenvalue weighted by molar-refractivity contribution is -0.390. The summed E-state index contributed by atoms with van der Waals surface area (Å²) in [7, 11) is 0. The largest absolute Gasteiger partial charge is 0.573 e. The van der Waals surface area contributed by atoms with Crippen LogP contribution in [-0.4, -0.2) is 16.3 Å². The maximum Gasteiger partial charge on any atom is 0.573 e. The highest BCUT2D eigenvalue weighted by Gasteiger charge is 2.44. The van der Waals surface area contributed by atoms with Gasteiger partial charge in [0.15, 0.2) is 0 Å². The van der Waals surface area contributed by atoms with Gasteiger partial charge in [0, 0.05) is 6.20 Å². The molecule has 19 heavy (non-hydrogen) atoms. The second-order valence-corrected chi connectivity index (χ2v) is 3.01. The number of nitro groups is 1. The van der Waals surface area contributed by atoms with Crippen molar-refractivity contribution in [3.8, 4) is 5.75 Å². The first-order chi connectivity index (χ1) is 8.43. The van der Waals surface area contributed by atoms with E-state index < -0.39 is 40.0 Å². The Labute approximate surface area is 98.3 Å². The lowest BCUT2D eigenvalue weighted by Gasteiger charge is -2.14. The Bertz CT molecular complexity index is 560. The summed E-state index contributed by atoms with van der Waals surface area (Å²) >= 11 is 0. The lowest BCUT2D eigenvalue weighted by Crippen LogP contribution is -2.24. The molecular weight excluding hydrogens is 290 g/mol. The second-order valence-electron chi connectivity index (χ2n) is 3.01. The van der Waals surface area contributed by atoms with Crippen LogP contribution in [0.25, 0.3) is 0 Å². The summed E-state index contributed by atoms with van der Waals surface area (Å²) in [5, 5.41) is 10.4. The molecule has 0 aliphatic heterocycles. The van der Waals surface area contributed by atoms with Gasteiger partial charge in [-0.2, -0.15) is 13.2 Å². The molecule has 0 fully saturated rings. The monoisotopic (exact) mass is 292 g/mol. The fraction of sp³-hybridized carbons (Fsp3) is 0.286. The van der Waals surface area contributed by atoms with Crippen molar-refractivity contribution in [3.05, 3.63) is 32.2 Å². The molecule has 0 aliphatic rings. The Morgan fingerprint density at radius 3 is 2.11 bits per heavy atom. The second kappa shape index (κ2) is 4.44. The first kappa shape index (κ1) is 14.8. The van der Waals surface area contributed by atoms with Crippen molar-refractivity contribution < 1.29 is 36.0 Å². The van der Waals surface area contributed by atoms with E-state index in [4.69, 9.17) is 0 Å². The van der Waals surface area contributed by atoms with Crippen molar-refractivity contribution in [2.75, 3.05) is 0 Å². The Morgan fingerprint density at radius 1 is 1.21 bits per heavy atom. The fourth-order valence-electron chi connectivity index (χ4n) is 1.10. The van der Waals surface area contributed by atoms with Crippen LogP contribution in [-0.2, 0) is 6.18 Å². The van der Waals surface area contributed by atoms with E-state index in [2.05, 4.69) is 4.74 Å². The number of H-pyrrole nitrogens is 1. The highest BCUT2D eigenvalue weighted by molar-refractivity contribution is 5.50. The van der Waals surface area contributed by atoms with E-state index in [9.17, 15) is 41.3 Å². The highest BCUT2D eigenvalue weighted by Crippen LogP contribution is 2.41. The number of aromatic nitrogens is 1. The Hall–Kier alpha value is -2.27. The van der Waals surface area contributed by atoms with Gasteiger partial charge in [-0.3, -0.25) is 14.9 Å². The Kier molecular flexibility index (Phi) is 3.45. The molecule has 0 aliphatic carbocycles.